The van der Waals surface area contributed by atoms with Crippen LogP contribution < -0.4 is 32.7 Å². The van der Waals surface area contributed by atoms with E-state index in [9.17, 15) is 9.59 Å². The number of rotatable bonds is 15. The molecule has 0 fully saturated rings. The second-order valence-corrected chi connectivity index (χ2v) is 7.05. The molecule has 11 heteroatoms. The predicted octanol–water partition coefficient (Wildman–Crippen LogP) is -2.03. The fourth-order valence-electron chi connectivity index (χ4n) is 1.47. The summed E-state index contributed by atoms with van der Waals surface area (Å²) in [6.45, 7) is 1.69. The van der Waals surface area contributed by atoms with E-state index >= 15 is 0 Å². The lowest BCUT2D eigenvalue weighted by atomic mass is 10.3. The van der Waals surface area contributed by atoms with Gasteiger partial charge in [-0.2, -0.15) is 0 Å². The molecule has 0 aromatic rings. The predicted molar refractivity (Wildman–Crippen MR) is 95.6 cm³/mol. The van der Waals surface area contributed by atoms with Gasteiger partial charge in [-0.3, -0.25) is 9.59 Å². The van der Waals surface area contributed by atoms with E-state index in [1.807, 2.05) is 6.26 Å². The first-order valence-electron chi connectivity index (χ1n) is 7.26. The number of ether oxygens (including phenoxy) is 1. The van der Waals surface area contributed by atoms with Crippen molar-refractivity contribution in [3.8, 4) is 0 Å². The molecule has 136 valence electrons. The van der Waals surface area contributed by atoms with Crippen molar-refractivity contribution in [2.75, 3.05) is 51.7 Å². The van der Waals surface area contributed by atoms with E-state index in [4.69, 9.17) is 16.2 Å². The number of nitrogens with two attached hydrogens (primary N) is 2. The van der Waals surface area contributed by atoms with E-state index in [2.05, 4.69) is 21.3 Å². The van der Waals surface area contributed by atoms with Gasteiger partial charge in [-0.05, 0) is 6.26 Å². The van der Waals surface area contributed by atoms with Crippen LogP contribution in [0.4, 0.5) is 0 Å². The molecule has 9 nitrogen and oxygen atoms in total. The molecule has 0 aliphatic rings. The standard InChI is InChI=1S/C12H28N6O3S2/c1-22-23-3-2-11(19)17-9-18-12(20)6-21-10(4-15-7-13)5-16-8-14/h10,15-16H,2-9,13-14H2,1H3,(H,17,19)(H,18,20). The minimum absolute atomic E-state index is 0.0927. The molecule has 23 heavy (non-hydrogen) atoms. The van der Waals surface area contributed by atoms with Gasteiger partial charge in [0, 0.05) is 38.6 Å². The van der Waals surface area contributed by atoms with Gasteiger partial charge in [-0.1, -0.05) is 21.6 Å². The number of hydrogen-bond donors (Lipinski definition) is 6. The van der Waals surface area contributed by atoms with Crippen molar-refractivity contribution in [2.24, 2.45) is 11.5 Å². The Kier molecular flexibility index (Phi) is 15.9. The summed E-state index contributed by atoms with van der Waals surface area (Å²) in [4.78, 5) is 23.1. The molecule has 0 bridgehead atoms. The fraction of sp³-hybridized carbons (Fsp3) is 0.833. The normalized spacial score (nSPS) is 10.8. The molecule has 0 rings (SSSR count). The molecule has 0 heterocycles. The zero-order chi connectivity index (χ0) is 17.3. The van der Waals surface area contributed by atoms with Crippen molar-refractivity contribution in [1.29, 1.82) is 0 Å². The third-order valence-corrected chi connectivity index (χ3v) is 4.40. The van der Waals surface area contributed by atoms with Gasteiger partial charge < -0.3 is 37.5 Å². The van der Waals surface area contributed by atoms with Crippen LogP contribution >= 0.6 is 21.6 Å². The Bertz CT molecular complexity index is 317. The Balaban J connectivity index is 3.78. The van der Waals surface area contributed by atoms with Gasteiger partial charge in [0.2, 0.25) is 11.8 Å². The third-order valence-electron chi connectivity index (χ3n) is 2.58. The van der Waals surface area contributed by atoms with Crippen molar-refractivity contribution in [1.82, 2.24) is 21.3 Å². The lowest BCUT2D eigenvalue weighted by Gasteiger charge is -2.18. The van der Waals surface area contributed by atoms with Crippen LogP contribution in [-0.4, -0.2) is 69.6 Å². The van der Waals surface area contributed by atoms with E-state index in [1.54, 1.807) is 21.6 Å². The van der Waals surface area contributed by atoms with E-state index in [1.165, 1.54) is 0 Å². The molecule has 2 amide bonds. The van der Waals surface area contributed by atoms with Gasteiger partial charge in [-0.15, -0.1) is 0 Å². The van der Waals surface area contributed by atoms with Crippen LogP contribution in [0.1, 0.15) is 6.42 Å². The zero-order valence-electron chi connectivity index (χ0n) is 13.4. The third kappa shape index (κ3) is 14.7. The summed E-state index contributed by atoms with van der Waals surface area (Å²) in [5.74, 6) is 0.354. The second kappa shape index (κ2) is 16.3. The smallest absolute Gasteiger partial charge is 0.247 e. The Morgan fingerprint density at radius 2 is 1.70 bits per heavy atom. The molecule has 0 radical (unpaired) electrons. The zero-order valence-corrected chi connectivity index (χ0v) is 15.1. The summed E-state index contributed by atoms with van der Waals surface area (Å²) in [5, 5.41) is 11.1. The number of amides is 2. The largest absolute Gasteiger partial charge is 0.366 e. The molecule has 0 unspecified atom stereocenters. The fourth-order valence-corrected chi connectivity index (χ4v) is 2.66. The van der Waals surface area contributed by atoms with Crippen LogP contribution in [0, 0.1) is 0 Å². The van der Waals surface area contributed by atoms with Crippen LogP contribution in [0.25, 0.3) is 0 Å². The molecule has 0 saturated heterocycles. The molecular formula is C12H28N6O3S2. The first kappa shape index (κ1) is 22.4. The molecule has 0 aliphatic heterocycles. The summed E-state index contributed by atoms with van der Waals surface area (Å²) < 4.78 is 5.48. The summed E-state index contributed by atoms with van der Waals surface area (Å²) in [7, 11) is 3.24. The number of hydrogen-bond acceptors (Lipinski definition) is 9. The minimum Gasteiger partial charge on any atom is -0.366 e. The Morgan fingerprint density at radius 3 is 2.26 bits per heavy atom. The Hall–Kier alpha value is -0.560. The van der Waals surface area contributed by atoms with E-state index in [-0.39, 0.29) is 31.2 Å². The Morgan fingerprint density at radius 1 is 1.09 bits per heavy atom. The molecule has 0 saturated carbocycles. The van der Waals surface area contributed by atoms with E-state index < -0.39 is 0 Å². The first-order chi connectivity index (χ1) is 11.1. The highest BCUT2D eigenvalue weighted by Gasteiger charge is 2.11. The maximum absolute atomic E-state index is 11.7. The van der Waals surface area contributed by atoms with E-state index in [0.717, 1.165) is 5.75 Å². The van der Waals surface area contributed by atoms with Crippen molar-refractivity contribution >= 4 is 33.4 Å². The quantitative estimate of drug-likeness (QED) is 0.110. The highest BCUT2D eigenvalue weighted by molar-refractivity contribution is 8.76. The van der Waals surface area contributed by atoms with Crippen LogP contribution in [0.2, 0.25) is 0 Å². The van der Waals surface area contributed by atoms with Gasteiger partial charge in [0.1, 0.15) is 6.61 Å². The van der Waals surface area contributed by atoms with Crippen LogP contribution in [0.3, 0.4) is 0 Å². The first-order valence-corrected chi connectivity index (χ1v) is 9.98. The molecule has 8 N–H and O–H groups in total. The van der Waals surface area contributed by atoms with Gasteiger partial charge in [0.05, 0.1) is 12.8 Å². The van der Waals surface area contributed by atoms with E-state index in [0.29, 0.717) is 32.8 Å². The van der Waals surface area contributed by atoms with Crippen molar-refractivity contribution in [3.05, 3.63) is 0 Å². The van der Waals surface area contributed by atoms with Crippen molar-refractivity contribution in [2.45, 2.75) is 12.5 Å². The molecular weight excluding hydrogens is 340 g/mol. The number of nitrogens with one attached hydrogen (secondary N) is 4. The lowest BCUT2D eigenvalue weighted by Crippen LogP contribution is -2.43. The highest BCUT2D eigenvalue weighted by atomic mass is 33.1. The molecule has 0 aliphatic carbocycles. The molecule has 0 atom stereocenters. The van der Waals surface area contributed by atoms with Crippen molar-refractivity contribution < 1.29 is 14.3 Å². The summed E-state index contributed by atoms with van der Waals surface area (Å²) in [6.07, 6.45) is 2.17. The maximum Gasteiger partial charge on any atom is 0.247 e. The summed E-state index contributed by atoms with van der Waals surface area (Å²) >= 11 is 0. The minimum atomic E-state index is -0.297. The maximum atomic E-state index is 11.7. The average Bonchev–Trinajstić information content (AvgIpc) is 2.54. The average molecular weight is 369 g/mol. The molecule has 0 aromatic carbocycles. The summed E-state index contributed by atoms with van der Waals surface area (Å²) in [6, 6.07) is 0. The summed E-state index contributed by atoms with van der Waals surface area (Å²) in [5.41, 5.74) is 10.7. The van der Waals surface area contributed by atoms with Gasteiger partial charge in [-0.25, -0.2) is 0 Å². The molecule has 0 spiro atoms. The van der Waals surface area contributed by atoms with Gasteiger partial charge >= 0.3 is 0 Å². The number of carbonyl (C=O) groups is 2. The van der Waals surface area contributed by atoms with Crippen LogP contribution in [0.15, 0.2) is 0 Å². The second-order valence-electron chi connectivity index (χ2n) is 4.36. The van der Waals surface area contributed by atoms with Crippen molar-refractivity contribution in [3.63, 3.8) is 0 Å². The Labute approximate surface area is 145 Å². The topological polar surface area (TPSA) is 144 Å². The van der Waals surface area contributed by atoms with Crippen LogP contribution in [-0.2, 0) is 14.3 Å². The van der Waals surface area contributed by atoms with Gasteiger partial charge in [0.15, 0.2) is 0 Å². The monoisotopic (exact) mass is 368 g/mol. The molecule has 0 aromatic heterocycles. The number of carbonyl (C=O) groups excluding carboxylic acids is 2. The van der Waals surface area contributed by atoms with Gasteiger partial charge in [0.25, 0.3) is 0 Å². The highest BCUT2D eigenvalue weighted by Crippen LogP contribution is 2.16. The lowest BCUT2D eigenvalue weighted by molar-refractivity contribution is -0.128. The van der Waals surface area contributed by atoms with Crippen LogP contribution in [0.5, 0.6) is 0 Å². The SMILES string of the molecule is CSSCCC(=O)NCNC(=O)COC(CNCN)CNCN.